The smallest absolute Gasteiger partial charge is 0.276 e. The Morgan fingerprint density at radius 2 is 1.83 bits per heavy atom. The third-order valence-corrected chi connectivity index (χ3v) is 5.33. The first kappa shape index (κ1) is 19.1. The monoisotopic (exact) mass is 391 g/mol. The first-order valence-corrected chi connectivity index (χ1v) is 9.62. The normalized spacial score (nSPS) is 14.6. The van der Waals surface area contributed by atoms with E-state index in [4.69, 9.17) is 4.74 Å². The van der Waals surface area contributed by atoms with Crippen LogP contribution in [0.5, 0.6) is 5.75 Å². The van der Waals surface area contributed by atoms with Crippen molar-refractivity contribution in [3.8, 4) is 11.4 Å². The van der Waals surface area contributed by atoms with E-state index in [-0.39, 0.29) is 11.3 Å². The molecule has 1 amide bonds. The molecule has 0 bridgehead atoms. The SMILES string of the molecule is COc1ccc(-n2nncc2C(=O)Nc2ccc(C3(CN(C)C)CC3)cc2)cc1. The Kier molecular flexibility index (Phi) is 5.07. The van der Waals surface area contributed by atoms with Crippen LogP contribution >= 0.6 is 0 Å². The van der Waals surface area contributed by atoms with Crippen molar-refractivity contribution >= 4 is 11.6 Å². The van der Waals surface area contributed by atoms with Crippen molar-refractivity contribution in [1.82, 2.24) is 19.9 Å². The highest BCUT2D eigenvalue weighted by molar-refractivity contribution is 6.03. The lowest BCUT2D eigenvalue weighted by Gasteiger charge is -2.20. The first-order valence-electron chi connectivity index (χ1n) is 9.62. The molecule has 1 aliphatic rings. The summed E-state index contributed by atoms with van der Waals surface area (Å²) in [5.41, 5.74) is 3.45. The van der Waals surface area contributed by atoms with Crippen LogP contribution in [0.2, 0.25) is 0 Å². The number of nitrogens with one attached hydrogen (secondary N) is 1. The average Bonchev–Trinajstić information content (AvgIpc) is 3.32. The number of nitrogens with zero attached hydrogens (tertiary/aromatic N) is 4. The van der Waals surface area contributed by atoms with Gasteiger partial charge < -0.3 is 15.0 Å². The quantitative estimate of drug-likeness (QED) is 0.670. The second-order valence-electron chi connectivity index (χ2n) is 7.78. The topological polar surface area (TPSA) is 72.3 Å². The summed E-state index contributed by atoms with van der Waals surface area (Å²) in [4.78, 5) is 15.0. The number of amides is 1. The van der Waals surface area contributed by atoms with Crippen molar-refractivity contribution in [3.63, 3.8) is 0 Å². The molecule has 0 saturated heterocycles. The van der Waals surface area contributed by atoms with Gasteiger partial charge in [-0.15, -0.1) is 5.10 Å². The summed E-state index contributed by atoms with van der Waals surface area (Å²) < 4.78 is 6.69. The van der Waals surface area contributed by atoms with Crippen LogP contribution in [-0.2, 0) is 5.41 Å². The molecule has 4 rings (SSSR count). The van der Waals surface area contributed by atoms with Gasteiger partial charge in [0.15, 0.2) is 5.69 Å². The molecule has 1 heterocycles. The van der Waals surface area contributed by atoms with Gasteiger partial charge in [0.05, 0.1) is 19.0 Å². The average molecular weight is 391 g/mol. The third-order valence-electron chi connectivity index (χ3n) is 5.33. The number of hydrogen-bond donors (Lipinski definition) is 1. The Balaban J connectivity index is 1.48. The lowest BCUT2D eigenvalue weighted by molar-refractivity contribution is 0.101. The molecule has 150 valence electrons. The Bertz CT molecular complexity index is 989. The van der Waals surface area contributed by atoms with Crippen LogP contribution in [0.1, 0.15) is 28.9 Å². The maximum atomic E-state index is 12.8. The van der Waals surface area contributed by atoms with E-state index in [2.05, 4.69) is 46.8 Å². The van der Waals surface area contributed by atoms with Gasteiger partial charge in [0, 0.05) is 17.6 Å². The van der Waals surface area contributed by atoms with Gasteiger partial charge in [0.1, 0.15) is 5.75 Å². The van der Waals surface area contributed by atoms with Gasteiger partial charge in [-0.2, -0.15) is 0 Å². The van der Waals surface area contributed by atoms with Crippen LogP contribution in [0.3, 0.4) is 0 Å². The molecule has 7 nitrogen and oxygen atoms in total. The second kappa shape index (κ2) is 7.67. The molecule has 29 heavy (non-hydrogen) atoms. The summed E-state index contributed by atoms with van der Waals surface area (Å²) in [6.07, 6.45) is 3.89. The summed E-state index contributed by atoms with van der Waals surface area (Å²) >= 11 is 0. The summed E-state index contributed by atoms with van der Waals surface area (Å²) in [7, 11) is 5.82. The van der Waals surface area contributed by atoms with Gasteiger partial charge in [0.2, 0.25) is 0 Å². The zero-order chi connectivity index (χ0) is 20.4. The molecule has 0 atom stereocenters. The molecule has 0 spiro atoms. The number of hydrogen-bond acceptors (Lipinski definition) is 5. The van der Waals surface area contributed by atoms with E-state index in [9.17, 15) is 4.79 Å². The van der Waals surface area contributed by atoms with E-state index >= 15 is 0 Å². The number of carbonyl (C=O) groups excluding carboxylic acids is 1. The lowest BCUT2D eigenvalue weighted by Crippen LogP contribution is -2.25. The fourth-order valence-electron chi connectivity index (χ4n) is 3.70. The maximum absolute atomic E-state index is 12.8. The molecule has 0 aliphatic heterocycles. The number of methoxy groups -OCH3 is 1. The van der Waals surface area contributed by atoms with E-state index in [1.807, 2.05) is 36.4 Å². The minimum atomic E-state index is -0.256. The fraction of sp³-hybridized carbons (Fsp3) is 0.318. The van der Waals surface area contributed by atoms with Crippen molar-refractivity contribution in [2.45, 2.75) is 18.3 Å². The van der Waals surface area contributed by atoms with Gasteiger partial charge in [-0.1, -0.05) is 17.3 Å². The van der Waals surface area contributed by atoms with E-state index in [1.165, 1.54) is 29.3 Å². The molecular formula is C22H25N5O2. The predicted molar refractivity (Wildman–Crippen MR) is 112 cm³/mol. The van der Waals surface area contributed by atoms with E-state index in [0.717, 1.165) is 23.7 Å². The molecule has 0 unspecified atom stereocenters. The number of carbonyl (C=O) groups is 1. The summed E-state index contributed by atoms with van der Waals surface area (Å²) in [6.45, 7) is 1.05. The Morgan fingerprint density at radius 3 is 2.41 bits per heavy atom. The van der Waals surface area contributed by atoms with E-state index < -0.39 is 0 Å². The minimum Gasteiger partial charge on any atom is -0.497 e. The molecule has 2 aromatic carbocycles. The molecule has 1 fully saturated rings. The fourth-order valence-corrected chi connectivity index (χ4v) is 3.70. The number of aromatic nitrogens is 3. The summed E-state index contributed by atoms with van der Waals surface area (Å²) in [5, 5.41) is 10.9. The van der Waals surface area contributed by atoms with Gasteiger partial charge in [-0.3, -0.25) is 4.79 Å². The first-order chi connectivity index (χ1) is 14.0. The molecule has 1 N–H and O–H groups in total. The second-order valence-corrected chi connectivity index (χ2v) is 7.78. The van der Waals surface area contributed by atoms with Crippen LogP contribution in [0, 0.1) is 0 Å². The molecule has 3 aromatic rings. The Hall–Kier alpha value is -3.19. The molecular weight excluding hydrogens is 366 g/mol. The molecule has 1 aromatic heterocycles. The van der Waals surface area contributed by atoms with Crippen molar-refractivity contribution < 1.29 is 9.53 Å². The molecule has 0 radical (unpaired) electrons. The number of anilines is 1. The van der Waals surface area contributed by atoms with Crippen LogP contribution in [0.25, 0.3) is 5.69 Å². The standard InChI is InChI=1S/C22H25N5O2/c1-26(2)15-22(12-13-22)16-4-6-17(7-5-16)24-21(28)20-14-23-25-27(20)18-8-10-19(29-3)11-9-18/h4-11,14H,12-13,15H2,1-3H3,(H,24,28). The largest absolute Gasteiger partial charge is 0.497 e. The van der Waals surface area contributed by atoms with Gasteiger partial charge in [-0.25, -0.2) is 4.68 Å². The van der Waals surface area contributed by atoms with Crippen LogP contribution in [-0.4, -0.2) is 53.6 Å². The number of rotatable bonds is 7. The van der Waals surface area contributed by atoms with Crippen LogP contribution < -0.4 is 10.1 Å². The summed E-state index contributed by atoms with van der Waals surface area (Å²) in [6, 6.07) is 15.5. The van der Waals surface area contributed by atoms with Crippen LogP contribution in [0.4, 0.5) is 5.69 Å². The lowest BCUT2D eigenvalue weighted by atomic mass is 9.95. The van der Waals surface area contributed by atoms with E-state index in [0.29, 0.717) is 5.69 Å². The number of ether oxygens (including phenoxy) is 1. The highest BCUT2D eigenvalue weighted by Gasteiger charge is 2.44. The minimum absolute atomic E-state index is 0.256. The molecule has 1 saturated carbocycles. The van der Waals surface area contributed by atoms with Crippen molar-refractivity contribution in [3.05, 3.63) is 66.0 Å². The highest BCUT2D eigenvalue weighted by atomic mass is 16.5. The van der Waals surface area contributed by atoms with Crippen molar-refractivity contribution in [1.29, 1.82) is 0 Å². The van der Waals surface area contributed by atoms with Crippen molar-refractivity contribution in [2.75, 3.05) is 33.1 Å². The third kappa shape index (κ3) is 4.00. The highest BCUT2D eigenvalue weighted by Crippen LogP contribution is 2.48. The Morgan fingerprint density at radius 1 is 1.14 bits per heavy atom. The van der Waals surface area contributed by atoms with E-state index in [1.54, 1.807) is 7.11 Å². The molecule has 1 aliphatic carbocycles. The van der Waals surface area contributed by atoms with Gasteiger partial charge in [0.25, 0.3) is 5.91 Å². The number of benzene rings is 2. The zero-order valence-electron chi connectivity index (χ0n) is 16.9. The molecule has 7 heteroatoms. The van der Waals surface area contributed by atoms with Gasteiger partial charge >= 0.3 is 0 Å². The Labute approximate surface area is 170 Å². The maximum Gasteiger partial charge on any atom is 0.276 e. The predicted octanol–water partition coefficient (Wildman–Crippen LogP) is 3.12. The summed E-state index contributed by atoms with van der Waals surface area (Å²) in [5.74, 6) is 0.482. The zero-order valence-corrected chi connectivity index (χ0v) is 16.9. The van der Waals surface area contributed by atoms with Crippen LogP contribution in [0.15, 0.2) is 54.7 Å². The number of likely N-dealkylation sites (N-methyl/N-ethyl adjacent to an activating group) is 1. The van der Waals surface area contributed by atoms with Gasteiger partial charge in [-0.05, 0) is 68.9 Å². The van der Waals surface area contributed by atoms with Crippen molar-refractivity contribution in [2.24, 2.45) is 0 Å².